The molecule has 8 unspecified atom stereocenters. The van der Waals surface area contributed by atoms with E-state index in [1.807, 2.05) is 0 Å². The summed E-state index contributed by atoms with van der Waals surface area (Å²) < 4.78 is 32.7. The number of ether oxygens (including phenoxy) is 4. The number of aliphatic hydroxyl groups excluding tert-OH is 3. The lowest BCUT2D eigenvalue weighted by atomic mass is 10.0. The second-order valence-corrected chi connectivity index (χ2v) is 11.8. The lowest BCUT2D eigenvalue weighted by Gasteiger charge is -2.36. The first-order valence-electron chi connectivity index (χ1n) is 11.3. The highest BCUT2D eigenvalue weighted by Crippen LogP contribution is 2.48. The van der Waals surface area contributed by atoms with Crippen molar-refractivity contribution in [2.45, 2.75) is 75.0 Å². The van der Waals surface area contributed by atoms with E-state index in [1.54, 1.807) is 14.2 Å². The van der Waals surface area contributed by atoms with Crippen LogP contribution in [0, 0.1) is 5.92 Å². The maximum atomic E-state index is 10.1. The van der Waals surface area contributed by atoms with Gasteiger partial charge in [-0.2, -0.15) is 0 Å². The van der Waals surface area contributed by atoms with Crippen LogP contribution in [0.1, 0.15) is 32.1 Å². The molecule has 1 saturated heterocycles. The van der Waals surface area contributed by atoms with Crippen molar-refractivity contribution in [1.82, 2.24) is 5.32 Å². The SMILES string of the molecule is COCC1C[C@H](NC(=S)CCCCOC2CC(O)C(O)C(CO)O2)C(OC)C1OP(O)(=S)OC. The number of methoxy groups -OCH3 is 2. The number of rotatable bonds is 14. The summed E-state index contributed by atoms with van der Waals surface area (Å²) in [5.74, 6) is -0.0552. The van der Waals surface area contributed by atoms with E-state index in [9.17, 15) is 20.2 Å². The highest BCUT2D eigenvalue weighted by molar-refractivity contribution is 8.07. The van der Waals surface area contributed by atoms with Gasteiger partial charge < -0.3 is 53.5 Å². The fourth-order valence-corrected chi connectivity index (χ4v) is 5.59. The second kappa shape index (κ2) is 14.8. The molecule has 200 valence electrons. The molecule has 2 aliphatic rings. The van der Waals surface area contributed by atoms with Crippen molar-refractivity contribution in [1.29, 1.82) is 0 Å². The summed E-state index contributed by atoms with van der Waals surface area (Å²) in [6.45, 7) is -2.96. The molecular weight excluding hydrogens is 509 g/mol. The molecule has 1 aliphatic carbocycles. The molecule has 9 atom stereocenters. The van der Waals surface area contributed by atoms with Gasteiger partial charge in [0.2, 0.25) is 0 Å². The van der Waals surface area contributed by atoms with E-state index >= 15 is 0 Å². The van der Waals surface area contributed by atoms with E-state index < -0.39 is 50.1 Å². The zero-order valence-electron chi connectivity index (χ0n) is 19.8. The van der Waals surface area contributed by atoms with Crippen molar-refractivity contribution in [2.75, 3.05) is 41.2 Å². The molecule has 0 spiro atoms. The summed E-state index contributed by atoms with van der Waals surface area (Å²) in [4.78, 5) is 10.8. The fourth-order valence-electron chi connectivity index (χ4n) is 4.31. The van der Waals surface area contributed by atoms with Crippen LogP contribution in [0.3, 0.4) is 0 Å². The molecule has 0 aromatic heterocycles. The van der Waals surface area contributed by atoms with Gasteiger partial charge >= 0.3 is 6.72 Å². The molecular formula is C20H38NO10PS2. The summed E-state index contributed by atoms with van der Waals surface area (Å²) in [6.07, 6.45) is -1.62. The summed E-state index contributed by atoms with van der Waals surface area (Å²) in [5, 5.41) is 32.2. The van der Waals surface area contributed by atoms with Crippen LogP contribution in [-0.4, -0.2) is 109 Å². The van der Waals surface area contributed by atoms with Crippen molar-refractivity contribution in [2.24, 2.45) is 5.92 Å². The predicted molar refractivity (Wildman–Crippen MR) is 131 cm³/mol. The minimum atomic E-state index is -3.38. The van der Waals surface area contributed by atoms with Gasteiger partial charge in [0.1, 0.15) is 24.4 Å². The molecule has 0 amide bonds. The van der Waals surface area contributed by atoms with Crippen LogP contribution in [0.5, 0.6) is 0 Å². The minimum Gasteiger partial charge on any atom is -0.394 e. The third-order valence-electron chi connectivity index (χ3n) is 6.04. The summed E-state index contributed by atoms with van der Waals surface area (Å²) in [6, 6.07) is -0.135. The van der Waals surface area contributed by atoms with Crippen molar-refractivity contribution in [3.05, 3.63) is 0 Å². The lowest BCUT2D eigenvalue weighted by molar-refractivity contribution is -0.256. The smallest absolute Gasteiger partial charge is 0.324 e. The van der Waals surface area contributed by atoms with Crippen molar-refractivity contribution in [3.63, 3.8) is 0 Å². The zero-order chi connectivity index (χ0) is 25.3. The van der Waals surface area contributed by atoms with Crippen molar-refractivity contribution < 1.29 is 48.2 Å². The molecule has 2 fully saturated rings. The average molecular weight is 548 g/mol. The van der Waals surface area contributed by atoms with Gasteiger partial charge in [-0.05, 0) is 37.5 Å². The first-order chi connectivity index (χ1) is 16.1. The van der Waals surface area contributed by atoms with Crippen molar-refractivity contribution in [3.8, 4) is 0 Å². The van der Waals surface area contributed by atoms with E-state index in [2.05, 4.69) is 5.32 Å². The summed E-state index contributed by atoms with van der Waals surface area (Å²) in [5.41, 5.74) is 0. The van der Waals surface area contributed by atoms with Gasteiger partial charge in [-0.1, -0.05) is 12.2 Å². The largest absolute Gasteiger partial charge is 0.394 e. The third-order valence-corrected chi connectivity index (χ3v) is 8.04. The Morgan fingerprint density at radius 2 is 1.88 bits per heavy atom. The number of nitrogens with one attached hydrogen (secondary N) is 1. The Kier molecular flexibility index (Phi) is 13.2. The molecule has 1 aliphatic heterocycles. The number of thiocarbonyl (C=S) groups is 1. The normalized spacial score (nSPS) is 35.7. The molecule has 1 heterocycles. The van der Waals surface area contributed by atoms with Crippen LogP contribution in [0.2, 0.25) is 0 Å². The Bertz CT molecular complexity index is 677. The number of unbranched alkanes of at least 4 members (excludes halogenated alkanes) is 1. The van der Waals surface area contributed by atoms with Gasteiger partial charge in [-0.3, -0.25) is 0 Å². The molecule has 0 aromatic carbocycles. The maximum absolute atomic E-state index is 10.1. The second-order valence-electron chi connectivity index (χ2n) is 8.45. The molecule has 14 heteroatoms. The highest BCUT2D eigenvalue weighted by atomic mass is 32.5. The lowest BCUT2D eigenvalue weighted by Crippen LogP contribution is -2.50. The molecule has 5 N–H and O–H groups in total. The Morgan fingerprint density at radius 1 is 1.15 bits per heavy atom. The van der Waals surface area contributed by atoms with Crippen LogP contribution >= 0.6 is 18.9 Å². The molecule has 2 rings (SSSR count). The number of aliphatic hydroxyl groups is 3. The van der Waals surface area contributed by atoms with Gasteiger partial charge in [0.15, 0.2) is 6.29 Å². The standard InChI is InChI=1S/C20H38NO10PS2/c1-26-11-12-8-13(20(27-2)19(12)31-32(25,34)28-3)21-16(33)6-4-5-7-29-17-9-14(23)18(24)15(10-22)30-17/h12-15,17-20,22-24H,4-11H2,1-3H3,(H,21,33)(H,25,34)/t12?,13-,14?,15?,17?,18?,19?,20?,32?/m0/s1. The van der Waals surface area contributed by atoms with Crippen LogP contribution in [0.25, 0.3) is 0 Å². The van der Waals surface area contributed by atoms with Crippen LogP contribution < -0.4 is 5.32 Å². The molecule has 0 bridgehead atoms. The summed E-state index contributed by atoms with van der Waals surface area (Å²) >= 11 is 10.5. The third kappa shape index (κ3) is 8.91. The van der Waals surface area contributed by atoms with Gasteiger partial charge in [0, 0.05) is 40.3 Å². The van der Waals surface area contributed by atoms with Gasteiger partial charge in [-0.25, -0.2) is 0 Å². The monoisotopic (exact) mass is 547 g/mol. The topological polar surface area (TPSA) is 148 Å². The Balaban J connectivity index is 1.76. The summed E-state index contributed by atoms with van der Waals surface area (Å²) in [7, 11) is 4.49. The van der Waals surface area contributed by atoms with E-state index in [0.29, 0.717) is 37.5 Å². The molecule has 0 radical (unpaired) electrons. The van der Waals surface area contributed by atoms with E-state index in [4.69, 9.17) is 52.0 Å². The van der Waals surface area contributed by atoms with Crippen LogP contribution in [-0.2, 0) is 39.8 Å². The molecule has 0 aromatic rings. The fraction of sp³-hybridized carbons (Fsp3) is 0.950. The van der Waals surface area contributed by atoms with Crippen LogP contribution in [0.4, 0.5) is 0 Å². The van der Waals surface area contributed by atoms with Gasteiger partial charge in [0.25, 0.3) is 0 Å². The quantitative estimate of drug-likeness (QED) is 0.115. The Morgan fingerprint density at radius 3 is 2.50 bits per heavy atom. The van der Waals surface area contributed by atoms with Gasteiger partial charge in [-0.15, -0.1) is 0 Å². The first kappa shape index (κ1) is 30.4. The Labute approximate surface area is 211 Å². The average Bonchev–Trinajstić information content (AvgIpc) is 3.10. The molecule has 1 saturated carbocycles. The van der Waals surface area contributed by atoms with Gasteiger partial charge in [0.05, 0.1) is 30.3 Å². The molecule has 11 nitrogen and oxygen atoms in total. The van der Waals surface area contributed by atoms with E-state index in [0.717, 1.165) is 6.42 Å². The Hall–Kier alpha value is 0.140. The van der Waals surface area contributed by atoms with Crippen molar-refractivity contribution >= 4 is 35.7 Å². The first-order valence-corrected chi connectivity index (χ1v) is 14.3. The van der Waals surface area contributed by atoms with E-state index in [-0.39, 0.29) is 18.4 Å². The number of hydrogen-bond donors (Lipinski definition) is 5. The molecule has 34 heavy (non-hydrogen) atoms. The maximum Gasteiger partial charge on any atom is 0.324 e. The minimum absolute atomic E-state index is 0.0552. The predicted octanol–water partition coefficient (Wildman–Crippen LogP) is 0.218. The highest BCUT2D eigenvalue weighted by Gasteiger charge is 2.47. The van der Waals surface area contributed by atoms with Crippen LogP contribution in [0.15, 0.2) is 0 Å². The van der Waals surface area contributed by atoms with E-state index in [1.165, 1.54) is 7.11 Å². The number of hydrogen-bond acceptors (Lipinski definition) is 11. The zero-order valence-corrected chi connectivity index (χ0v) is 22.3.